The lowest BCUT2D eigenvalue weighted by molar-refractivity contribution is -0.322. The summed E-state index contributed by atoms with van der Waals surface area (Å²) in [6, 6.07) is 8.85. The third-order valence-electron chi connectivity index (χ3n) is 4.08. The SMILES string of the molecule is C=C(C(=O)[O-])C(CC)(CC(=O)C(C)c1ccccc1)C(=O)[O-]. The van der Waals surface area contributed by atoms with Crippen LogP contribution in [0.3, 0.4) is 0 Å². The smallest absolute Gasteiger partial charge is 0.141 e. The van der Waals surface area contributed by atoms with E-state index in [1.54, 1.807) is 37.3 Å². The molecule has 1 rings (SSSR count). The molecular formula is C17H18O5-2. The normalized spacial score (nSPS) is 14.6. The molecule has 22 heavy (non-hydrogen) atoms. The Labute approximate surface area is 129 Å². The van der Waals surface area contributed by atoms with E-state index in [0.717, 1.165) is 5.56 Å². The number of Topliss-reactive ketones (excluding diaryl/α,β-unsaturated/α-hetero) is 1. The second kappa shape index (κ2) is 7.02. The van der Waals surface area contributed by atoms with Gasteiger partial charge in [0, 0.05) is 17.8 Å². The van der Waals surface area contributed by atoms with Gasteiger partial charge in [0.05, 0.1) is 11.9 Å². The van der Waals surface area contributed by atoms with Crippen molar-refractivity contribution in [1.29, 1.82) is 0 Å². The quantitative estimate of drug-likeness (QED) is 0.639. The molecule has 1 aromatic carbocycles. The van der Waals surface area contributed by atoms with Gasteiger partial charge in [-0.25, -0.2) is 0 Å². The highest BCUT2D eigenvalue weighted by atomic mass is 16.4. The minimum Gasteiger partial charge on any atom is -0.549 e. The third kappa shape index (κ3) is 3.42. The second-order valence-electron chi connectivity index (χ2n) is 5.26. The van der Waals surface area contributed by atoms with Crippen LogP contribution in [0.15, 0.2) is 42.5 Å². The molecule has 5 nitrogen and oxygen atoms in total. The highest BCUT2D eigenvalue weighted by molar-refractivity contribution is 5.98. The molecule has 0 heterocycles. The van der Waals surface area contributed by atoms with Crippen molar-refractivity contribution in [3.05, 3.63) is 48.0 Å². The zero-order valence-corrected chi connectivity index (χ0v) is 12.6. The van der Waals surface area contributed by atoms with Crippen LogP contribution in [-0.4, -0.2) is 17.7 Å². The van der Waals surface area contributed by atoms with Crippen molar-refractivity contribution in [1.82, 2.24) is 0 Å². The van der Waals surface area contributed by atoms with Crippen molar-refractivity contribution >= 4 is 17.7 Å². The summed E-state index contributed by atoms with van der Waals surface area (Å²) in [5, 5.41) is 22.5. The first-order valence-electron chi connectivity index (χ1n) is 6.96. The molecule has 0 radical (unpaired) electrons. The maximum atomic E-state index is 12.4. The summed E-state index contributed by atoms with van der Waals surface area (Å²) >= 11 is 0. The maximum absolute atomic E-state index is 12.4. The fourth-order valence-corrected chi connectivity index (χ4v) is 2.36. The van der Waals surface area contributed by atoms with Crippen LogP contribution >= 0.6 is 0 Å². The van der Waals surface area contributed by atoms with Gasteiger partial charge < -0.3 is 19.8 Å². The van der Waals surface area contributed by atoms with Crippen LogP contribution in [0.5, 0.6) is 0 Å². The number of hydrogen-bond donors (Lipinski definition) is 0. The van der Waals surface area contributed by atoms with Crippen molar-refractivity contribution in [2.24, 2.45) is 5.41 Å². The van der Waals surface area contributed by atoms with E-state index in [-0.39, 0.29) is 12.2 Å². The summed E-state index contributed by atoms with van der Waals surface area (Å²) < 4.78 is 0. The van der Waals surface area contributed by atoms with Crippen LogP contribution in [0.1, 0.15) is 38.2 Å². The third-order valence-corrected chi connectivity index (χ3v) is 4.08. The maximum Gasteiger partial charge on any atom is 0.141 e. The van der Waals surface area contributed by atoms with E-state index < -0.39 is 35.3 Å². The number of benzene rings is 1. The van der Waals surface area contributed by atoms with Crippen molar-refractivity contribution < 1.29 is 24.6 Å². The van der Waals surface area contributed by atoms with Crippen LogP contribution in [0.4, 0.5) is 0 Å². The summed E-state index contributed by atoms with van der Waals surface area (Å²) in [5.74, 6) is -4.26. The summed E-state index contributed by atoms with van der Waals surface area (Å²) in [6.07, 6.45) is -0.607. The van der Waals surface area contributed by atoms with Crippen molar-refractivity contribution in [3.63, 3.8) is 0 Å². The predicted octanol–water partition coefficient (Wildman–Crippen LogP) is 0.202. The number of carbonyl (C=O) groups is 3. The van der Waals surface area contributed by atoms with Crippen molar-refractivity contribution in [2.75, 3.05) is 0 Å². The van der Waals surface area contributed by atoms with Gasteiger partial charge in [-0.3, -0.25) is 4.79 Å². The minimum absolute atomic E-state index is 0.116. The molecule has 0 saturated heterocycles. The predicted molar refractivity (Wildman–Crippen MR) is 76.4 cm³/mol. The lowest BCUT2D eigenvalue weighted by Crippen LogP contribution is -2.48. The molecule has 0 aromatic heterocycles. The largest absolute Gasteiger partial charge is 0.549 e. The Hall–Kier alpha value is -2.43. The van der Waals surface area contributed by atoms with Gasteiger partial charge in [-0.05, 0) is 17.6 Å². The van der Waals surface area contributed by atoms with Gasteiger partial charge in [0.1, 0.15) is 5.78 Å². The average molecular weight is 302 g/mol. The fourth-order valence-electron chi connectivity index (χ4n) is 2.36. The second-order valence-corrected chi connectivity index (χ2v) is 5.26. The molecule has 2 atom stereocenters. The van der Waals surface area contributed by atoms with E-state index in [4.69, 9.17) is 0 Å². The van der Waals surface area contributed by atoms with E-state index >= 15 is 0 Å². The highest BCUT2D eigenvalue weighted by Gasteiger charge is 2.37. The number of rotatable bonds is 8. The van der Waals surface area contributed by atoms with E-state index in [0.29, 0.717) is 0 Å². The topological polar surface area (TPSA) is 97.3 Å². The number of carboxylic acids is 2. The molecule has 0 aliphatic heterocycles. The first kappa shape index (κ1) is 17.6. The van der Waals surface area contributed by atoms with Gasteiger partial charge in [0.25, 0.3) is 0 Å². The molecule has 0 bridgehead atoms. The molecule has 0 aliphatic carbocycles. The van der Waals surface area contributed by atoms with Gasteiger partial charge >= 0.3 is 0 Å². The molecule has 5 heteroatoms. The number of ketones is 1. The molecule has 0 aliphatic rings. The van der Waals surface area contributed by atoms with Crippen molar-refractivity contribution in [3.8, 4) is 0 Å². The lowest BCUT2D eigenvalue weighted by Gasteiger charge is -2.36. The standard InChI is InChI=1S/C17H20O5/c1-4-17(16(21)22,12(3)15(19)20)10-14(18)11(2)13-8-6-5-7-9-13/h5-9,11H,3-4,10H2,1-2H3,(H,19,20)(H,21,22)/p-2. The Bertz CT molecular complexity index is 590. The Morgan fingerprint density at radius 1 is 1.18 bits per heavy atom. The van der Waals surface area contributed by atoms with Gasteiger partial charge in [-0.15, -0.1) is 0 Å². The zero-order chi connectivity index (χ0) is 16.9. The first-order valence-corrected chi connectivity index (χ1v) is 6.96. The molecule has 118 valence electrons. The Morgan fingerprint density at radius 3 is 2.14 bits per heavy atom. The van der Waals surface area contributed by atoms with Crippen LogP contribution in [0.25, 0.3) is 0 Å². The summed E-state index contributed by atoms with van der Waals surface area (Å²) in [6.45, 7) is 6.39. The van der Waals surface area contributed by atoms with Gasteiger partial charge in [0.2, 0.25) is 0 Å². The van der Waals surface area contributed by atoms with Gasteiger partial charge in [0.15, 0.2) is 0 Å². The van der Waals surface area contributed by atoms with E-state index in [9.17, 15) is 24.6 Å². The van der Waals surface area contributed by atoms with E-state index in [2.05, 4.69) is 6.58 Å². The van der Waals surface area contributed by atoms with Crippen LogP contribution < -0.4 is 10.2 Å². The Balaban J connectivity index is 3.09. The molecule has 0 spiro atoms. The van der Waals surface area contributed by atoms with Crippen LogP contribution in [-0.2, 0) is 14.4 Å². The first-order chi connectivity index (χ1) is 10.3. The summed E-state index contributed by atoms with van der Waals surface area (Å²) in [4.78, 5) is 34.9. The van der Waals surface area contributed by atoms with Crippen molar-refractivity contribution in [2.45, 2.75) is 32.6 Å². The monoisotopic (exact) mass is 302 g/mol. The minimum atomic E-state index is -1.95. The zero-order valence-electron chi connectivity index (χ0n) is 12.6. The molecule has 0 amide bonds. The number of hydrogen-bond acceptors (Lipinski definition) is 5. The Morgan fingerprint density at radius 2 is 1.73 bits per heavy atom. The van der Waals surface area contributed by atoms with E-state index in [1.807, 2.05) is 0 Å². The summed E-state index contributed by atoms with van der Waals surface area (Å²) in [7, 11) is 0. The average Bonchev–Trinajstić information content (AvgIpc) is 2.51. The number of carboxylic acid groups (broad SMARTS) is 2. The lowest BCUT2D eigenvalue weighted by atomic mass is 9.72. The van der Waals surface area contributed by atoms with Gasteiger partial charge in [-0.1, -0.05) is 50.8 Å². The summed E-state index contributed by atoms with van der Waals surface area (Å²) in [5.41, 5.74) is -1.85. The molecule has 0 fully saturated rings. The number of aliphatic carboxylic acids is 2. The molecule has 0 saturated carbocycles. The van der Waals surface area contributed by atoms with Crippen LogP contribution in [0, 0.1) is 5.41 Å². The highest BCUT2D eigenvalue weighted by Crippen LogP contribution is 2.36. The van der Waals surface area contributed by atoms with Crippen LogP contribution in [0.2, 0.25) is 0 Å². The molecule has 1 aromatic rings. The molecule has 2 unspecified atom stereocenters. The number of carbonyl (C=O) groups excluding carboxylic acids is 3. The molecule has 0 N–H and O–H groups in total. The molecular weight excluding hydrogens is 284 g/mol. The Kier molecular flexibility index (Phi) is 5.63. The van der Waals surface area contributed by atoms with Gasteiger partial charge in [-0.2, -0.15) is 0 Å². The van der Waals surface area contributed by atoms with E-state index in [1.165, 1.54) is 6.92 Å². The fraction of sp³-hybridized carbons (Fsp3) is 0.353.